The first kappa shape index (κ1) is 11.3. The van der Waals surface area contributed by atoms with Crippen molar-refractivity contribution >= 4 is 19.4 Å². The van der Waals surface area contributed by atoms with Crippen LogP contribution in [0.25, 0.3) is 0 Å². The van der Waals surface area contributed by atoms with Crippen LogP contribution in [0.2, 0.25) is 0 Å². The molecule has 1 aromatic rings. The van der Waals surface area contributed by atoms with E-state index in [4.69, 9.17) is 5.11 Å². The van der Waals surface area contributed by atoms with Gasteiger partial charge in [-0.05, 0) is 5.56 Å². The number of Topliss-reactive ketones (excluding diaryl/α,β-unsaturated/α-hetero) is 1. The fourth-order valence-corrected chi connectivity index (χ4v) is 1.84. The molecule has 0 amide bonds. The third-order valence-corrected chi connectivity index (χ3v) is 2.74. The number of hydrogen-bond acceptors (Lipinski definition) is 4. The Balaban J connectivity index is 3.16. The Morgan fingerprint density at radius 1 is 1.13 bits per heavy atom. The fourth-order valence-electron chi connectivity index (χ4n) is 1.12. The van der Waals surface area contributed by atoms with Gasteiger partial charge < -0.3 is 5.11 Å². The number of carbonyl (C=O) groups excluding carboxylic acids is 1. The molecule has 0 aliphatic carbocycles. The highest BCUT2D eigenvalue weighted by atomic mass is 31.1. The Hall–Kier alpha value is -1.74. The molecule has 1 rings (SSSR count). The number of hydrogen-bond donors (Lipinski definition) is 1. The number of aliphatic carboxylic acids is 1. The Morgan fingerprint density at radius 3 is 2.07 bits per heavy atom. The van der Waals surface area contributed by atoms with Gasteiger partial charge in [0.25, 0.3) is 5.78 Å². The Kier molecular flexibility index (Phi) is 3.52. The van der Waals surface area contributed by atoms with Gasteiger partial charge in [-0.25, -0.2) is 13.9 Å². The lowest BCUT2D eigenvalue weighted by molar-refractivity contribution is -0.149. The zero-order valence-electron chi connectivity index (χ0n) is 7.49. The van der Waals surface area contributed by atoms with Crippen molar-refractivity contribution in [2.75, 3.05) is 0 Å². The predicted octanol–water partition coefficient (Wildman–Crippen LogP) is 1.55. The maximum Gasteiger partial charge on any atom is 0.373 e. The molecule has 0 radical (unpaired) electrons. The molecule has 1 atom stereocenters. The van der Waals surface area contributed by atoms with E-state index in [1.807, 2.05) is 0 Å². The standard InChI is InChI=1S/C9H7O5P/c10-7(9(11)12)8(15(13)14)6-4-2-1-3-5-6/h1-5,8H,(H,11,12). The van der Waals surface area contributed by atoms with E-state index in [-0.39, 0.29) is 5.56 Å². The summed E-state index contributed by atoms with van der Waals surface area (Å²) in [7, 11) is -3.14. The molecule has 0 aromatic heterocycles. The van der Waals surface area contributed by atoms with Crippen molar-refractivity contribution in [1.82, 2.24) is 0 Å². The summed E-state index contributed by atoms with van der Waals surface area (Å²) < 4.78 is 21.6. The molecular weight excluding hydrogens is 219 g/mol. The summed E-state index contributed by atoms with van der Waals surface area (Å²) in [6.07, 6.45) is 0. The topological polar surface area (TPSA) is 88.5 Å². The minimum absolute atomic E-state index is 0.168. The number of ketones is 1. The normalized spacial score (nSPS) is 11.7. The Labute approximate surface area is 85.6 Å². The van der Waals surface area contributed by atoms with Crippen molar-refractivity contribution in [1.29, 1.82) is 0 Å². The summed E-state index contributed by atoms with van der Waals surface area (Å²) in [6, 6.07) is 7.52. The highest BCUT2D eigenvalue weighted by molar-refractivity contribution is 7.33. The molecule has 0 saturated heterocycles. The lowest BCUT2D eigenvalue weighted by atomic mass is 10.1. The summed E-state index contributed by atoms with van der Waals surface area (Å²) in [4.78, 5) is 21.5. The van der Waals surface area contributed by atoms with Crippen LogP contribution < -0.4 is 0 Å². The molecule has 78 valence electrons. The van der Waals surface area contributed by atoms with Crippen molar-refractivity contribution in [3.05, 3.63) is 35.9 Å². The molecule has 15 heavy (non-hydrogen) atoms. The number of benzene rings is 1. The van der Waals surface area contributed by atoms with Crippen molar-refractivity contribution < 1.29 is 23.8 Å². The van der Waals surface area contributed by atoms with Crippen molar-refractivity contribution in [3.8, 4) is 0 Å². The summed E-state index contributed by atoms with van der Waals surface area (Å²) in [6.45, 7) is 0. The van der Waals surface area contributed by atoms with Gasteiger partial charge in [-0.3, -0.25) is 4.79 Å². The van der Waals surface area contributed by atoms with Gasteiger partial charge in [-0.2, -0.15) is 0 Å². The maximum atomic E-state index is 11.1. The summed E-state index contributed by atoms with van der Waals surface area (Å²) in [5.41, 5.74) is -1.43. The van der Waals surface area contributed by atoms with Gasteiger partial charge in [0.1, 0.15) is 0 Å². The number of rotatable bonds is 4. The highest BCUT2D eigenvalue weighted by Crippen LogP contribution is 2.32. The van der Waals surface area contributed by atoms with Crippen LogP contribution in [0, 0.1) is 0 Å². The van der Waals surface area contributed by atoms with Crippen molar-refractivity contribution in [3.63, 3.8) is 0 Å². The van der Waals surface area contributed by atoms with Crippen LogP contribution in [-0.4, -0.2) is 16.9 Å². The van der Waals surface area contributed by atoms with Crippen LogP contribution >= 0.6 is 7.68 Å². The molecule has 0 saturated carbocycles. The average molecular weight is 226 g/mol. The quantitative estimate of drug-likeness (QED) is 0.621. The molecule has 0 spiro atoms. The number of carbonyl (C=O) groups is 2. The molecule has 1 N–H and O–H groups in total. The van der Waals surface area contributed by atoms with Gasteiger partial charge in [0.15, 0.2) is 5.66 Å². The van der Waals surface area contributed by atoms with Gasteiger partial charge in [-0.15, -0.1) is 0 Å². The van der Waals surface area contributed by atoms with Crippen LogP contribution in [-0.2, 0) is 18.7 Å². The third kappa shape index (κ3) is 2.60. The van der Waals surface area contributed by atoms with Gasteiger partial charge >= 0.3 is 13.6 Å². The molecular formula is C9H7O5P. The second-order valence-corrected chi connectivity index (χ2v) is 3.86. The van der Waals surface area contributed by atoms with E-state index in [2.05, 4.69) is 0 Å². The van der Waals surface area contributed by atoms with E-state index >= 15 is 0 Å². The van der Waals surface area contributed by atoms with Gasteiger partial charge in [-0.1, -0.05) is 30.3 Å². The zero-order chi connectivity index (χ0) is 11.4. The van der Waals surface area contributed by atoms with E-state index in [0.717, 1.165) is 0 Å². The van der Waals surface area contributed by atoms with E-state index < -0.39 is 25.1 Å². The predicted molar refractivity (Wildman–Crippen MR) is 50.1 cm³/mol. The summed E-state index contributed by atoms with van der Waals surface area (Å²) in [5, 5.41) is 8.45. The van der Waals surface area contributed by atoms with Crippen molar-refractivity contribution in [2.45, 2.75) is 5.66 Å². The first-order valence-electron chi connectivity index (χ1n) is 3.99. The molecule has 0 heterocycles. The average Bonchev–Trinajstić information content (AvgIpc) is 2.18. The number of carboxylic acids is 1. The first-order chi connectivity index (χ1) is 7.04. The molecule has 0 bridgehead atoms. The van der Waals surface area contributed by atoms with Crippen LogP contribution in [0.3, 0.4) is 0 Å². The van der Waals surface area contributed by atoms with Crippen LogP contribution in [0.15, 0.2) is 30.3 Å². The van der Waals surface area contributed by atoms with Gasteiger partial charge in [0.05, 0.1) is 0 Å². The van der Waals surface area contributed by atoms with E-state index in [1.165, 1.54) is 24.3 Å². The summed E-state index contributed by atoms with van der Waals surface area (Å²) in [5.74, 6) is -3.08. The number of carboxylic acid groups (broad SMARTS) is 1. The lowest BCUT2D eigenvalue weighted by Crippen LogP contribution is -2.18. The largest absolute Gasteiger partial charge is 0.475 e. The maximum absolute atomic E-state index is 11.1. The molecule has 0 fully saturated rings. The monoisotopic (exact) mass is 226 g/mol. The third-order valence-electron chi connectivity index (χ3n) is 1.79. The molecule has 0 aliphatic rings. The van der Waals surface area contributed by atoms with Crippen LogP contribution in [0.1, 0.15) is 11.2 Å². The lowest BCUT2D eigenvalue weighted by Gasteiger charge is -2.04. The molecule has 5 nitrogen and oxygen atoms in total. The molecule has 6 heteroatoms. The Morgan fingerprint density at radius 2 is 1.67 bits per heavy atom. The second-order valence-electron chi connectivity index (χ2n) is 2.77. The minimum Gasteiger partial charge on any atom is -0.475 e. The van der Waals surface area contributed by atoms with Crippen LogP contribution in [0.5, 0.6) is 0 Å². The van der Waals surface area contributed by atoms with E-state index in [9.17, 15) is 18.7 Å². The minimum atomic E-state index is -3.14. The zero-order valence-corrected chi connectivity index (χ0v) is 8.39. The fraction of sp³-hybridized carbons (Fsp3) is 0.111. The van der Waals surface area contributed by atoms with E-state index in [1.54, 1.807) is 6.07 Å². The van der Waals surface area contributed by atoms with Gasteiger partial charge in [0, 0.05) is 0 Å². The molecule has 1 unspecified atom stereocenters. The van der Waals surface area contributed by atoms with Crippen molar-refractivity contribution in [2.24, 2.45) is 0 Å². The second kappa shape index (κ2) is 4.66. The first-order valence-corrected chi connectivity index (χ1v) is 5.24. The van der Waals surface area contributed by atoms with Gasteiger partial charge in [0.2, 0.25) is 0 Å². The SMILES string of the molecule is O=C(O)C(=O)C(c1ccccc1)P(=O)=O. The highest BCUT2D eigenvalue weighted by Gasteiger charge is 2.31. The van der Waals surface area contributed by atoms with Crippen LogP contribution in [0.4, 0.5) is 0 Å². The molecule has 1 aromatic carbocycles. The Bertz CT molecular complexity index is 441. The van der Waals surface area contributed by atoms with E-state index in [0.29, 0.717) is 0 Å². The smallest absolute Gasteiger partial charge is 0.373 e. The molecule has 0 aliphatic heterocycles. The summed E-state index contributed by atoms with van der Waals surface area (Å²) >= 11 is 0.